The molecule has 0 unspecified atom stereocenters. The van der Waals surface area contributed by atoms with Crippen molar-refractivity contribution in [3.05, 3.63) is 18.2 Å². The number of primary sulfonamides is 1. The number of rotatable bonds is 8. The highest BCUT2D eigenvalue weighted by atomic mass is 32.2. The van der Waals surface area contributed by atoms with Gasteiger partial charge in [0.2, 0.25) is 20.0 Å². The van der Waals surface area contributed by atoms with Crippen LogP contribution in [0.15, 0.2) is 23.1 Å². The molecule has 0 aromatic heterocycles. The molecule has 8 nitrogen and oxygen atoms in total. The van der Waals surface area contributed by atoms with Crippen molar-refractivity contribution in [1.82, 2.24) is 4.72 Å². The summed E-state index contributed by atoms with van der Waals surface area (Å²) in [4.78, 5) is 0.0903. The van der Waals surface area contributed by atoms with Crippen molar-refractivity contribution in [2.24, 2.45) is 5.14 Å². The second-order valence-electron chi connectivity index (χ2n) is 4.40. The molecule has 0 spiro atoms. The molecule has 21 heavy (non-hydrogen) atoms. The van der Waals surface area contributed by atoms with Gasteiger partial charge in [0.15, 0.2) is 0 Å². The molecule has 0 bridgehead atoms. The van der Waals surface area contributed by atoms with Crippen LogP contribution in [0.2, 0.25) is 0 Å². The fourth-order valence-corrected chi connectivity index (χ4v) is 3.24. The van der Waals surface area contributed by atoms with Gasteiger partial charge in [0.1, 0.15) is 0 Å². The second kappa shape index (κ2) is 7.07. The van der Waals surface area contributed by atoms with Gasteiger partial charge in [-0.1, -0.05) is 6.92 Å². The van der Waals surface area contributed by atoms with Crippen LogP contribution in [0.1, 0.15) is 13.3 Å². The number of benzene rings is 1. The Labute approximate surface area is 125 Å². The van der Waals surface area contributed by atoms with Gasteiger partial charge < -0.3 is 11.1 Å². The Hall–Kier alpha value is -1.36. The van der Waals surface area contributed by atoms with Crippen molar-refractivity contribution in [2.45, 2.75) is 18.2 Å². The first-order chi connectivity index (χ1) is 9.65. The summed E-state index contributed by atoms with van der Waals surface area (Å²) in [6.45, 7) is 2.27. The number of hydrogen-bond acceptors (Lipinski definition) is 6. The van der Waals surface area contributed by atoms with Crippen LogP contribution >= 0.6 is 0 Å². The van der Waals surface area contributed by atoms with Crippen molar-refractivity contribution >= 4 is 31.4 Å². The summed E-state index contributed by atoms with van der Waals surface area (Å²) in [5, 5.41) is 7.79. The third kappa shape index (κ3) is 5.87. The van der Waals surface area contributed by atoms with Gasteiger partial charge in [-0.2, -0.15) is 0 Å². The minimum Gasteiger partial charge on any atom is -0.397 e. The SMILES string of the molecule is CCNS(=O)(=O)c1ccc(N)c(NCCCS(N)(=O)=O)c1. The quantitative estimate of drug-likeness (QED) is 0.377. The molecule has 0 atom stereocenters. The lowest BCUT2D eigenvalue weighted by Gasteiger charge is -2.11. The van der Waals surface area contributed by atoms with Gasteiger partial charge in [0.25, 0.3) is 0 Å². The first kappa shape index (κ1) is 17.7. The molecule has 0 saturated carbocycles. The molecule has 0 aliphatic heterocycles. The van der Waals surface area contributed by atoms with Crippen LogP contribution in [0.3, 0.4) is 0 Å². The molecule has 0 aliphatic rings. The summed E-state index contributed by atoms with van der Waals surface area (Å²) in [7, 11) is -7.07. The van der Waals surface area contributed by atoms with Crippen molar-refractivity contribution in [1.29, 1.82) is 0 Å². The molecule has 6 N–H and O–H groups in total. The van der Waals surface area contributed by atoms with Crippen LogP contribution in [-0.2, 0) is 20.0 Å². The first-order valence-corrected chi connectivity index (χ1v) is 9.49. The van der Waals surface area contributed by atoms with E-state index in [1.54, 1.807) is 6.92 Å². The molecule has 0 heterocycles. The Bertz CT molecular complexity index is 686. The van der Waals surface area contributed by atoms with Gasteiger partial charge in [-0.15, -0.1) is 0 Å². The number of nitrogens with two attached hydrogens (primary N) is 2. The van der Waals surface area contributed by atoms with Crippen LogP contribution in [0, 0.1) is 0 Å². The Morgan fingerprint density at radius 3 is 2.43 bits per heavy atom. The Balaban J connectivity index is 2.79. The van der Waals surface area contributed by atoms with Crippen molar-refractivity contribution in [3.8, 4) is 0 Å². The highest BCUT2D eigenvalue weighted by Crippen LogP contribution is 2.22. The van der Waals surface area contributed by atoms with Gasteiger partial charge in [-0.25, -0.2) is 26.7 Å². The van der Waals surface area contributed by atoms with Gasteiger partial charge in [0.05, 0.1) is 22.0 Å². The summed E-state index contributed by atoms with van der Waals surface area (Å²) in [6.07, 6.45) is 0.294. The molecule has 120 valence electrons. The number of sulfonamides is 2. The lowest BCUT2D eigenvalue weighted by molar-refractivity contribution is 0.584. The molecule has 1 rings (SSSR count). The predicted molar refractivity (Wildman–Crippen MR) is 82.8 cm³/mol. The van der Waals surface area contributed by atoms with Gasteiger partial charge in [-0.3, -0.25) is 0 Å². The van der Waals surface area contributed by atoms with E-state index in [9.17, 15) is 16.8 Å². The molecule has 1 aromatic carbocycles. The summed E-state index contributed by atoms with van der Waals surface area (Å²) in [5.41, 5.74) is 6.56. The minimum atomic E-state index is -3.56. The van der Waals surface area contributed by atoms with E-state index in [0.717, 1.165) is 0 Å². The van der Waals surface area contributed by atoms with Crippen LogP contribution in [-0.4, -0.2) is 35.7 Å². The topological polar surface area (TPSA) is 144 Å². The van der Waals surface area contributed by atoms with Crippen LogP contribution in [0.4, 0.5) is 11.4 Å². The largest absolute Gasteiger partial charge is 0.397 e. The zero-order valence-corrected chi connectivity index (χ0v) is 13.3. The normalized spacial score (nSPS) is 12.3. The third-order valence-corrected chi connectivity index (χ3v) is 4.99. The molecule has 1 aromatic rings. The molecule has 0 amide bonds. The van der Waals surface area contributed by atoms with E-state index in [-0.39, 0.29) is 17.2 Å². The summed E-state index contributed by atoms with van der Waals surface area (Å²) >= 11 is 0. The summed E-state index contributed by atoms with van der Waals surface area (Å²) in [5.74, 6) is -0.157. The van der Waals surface area contributed by atoms with E-state index in [2.05, 4.69) is 10.0 Å². The maximum Gasteiger partial charge on any atom is 0.240 e. The Kier molecular flexibility index (Phi) is 5.96. The first-order valence-electron chi connectivity index (χ1n) is 6.29. The van der Waals surface area contributed by atoms with E-state index in [4.69, 9.17) is 10.9 Å². The summed E-state index contributed by atoms with van der Waals surface area (Å²) < 4.78 is 47.8. The Morgan fingerprint density at radius 2 is 1.86 bits per heavy atom. The van der Waals surface area contributed by atoms with Crippen molar-refractivity contribution in [3.63, 3.8) is 0 Å². The molecule has 0 radical (unpaired) electrons. The lowest BCUT2D eigenvalue weighted by Crippen LogP contribution is -2.23. The highest BCUT2D eigenvalue weighted by Gasteiger charge is 2.14. The van der Waals surface area contributed by atoms with Crippen LogP contribution < -0.4 is 20.9 Å². The smallest absolute Gasteiger partial charge is 0.240 e. The third-order valence-electron chi connectivity index (χ3n) is 2.59. The van der Waals surface area contributed by atoms with Gasteiger partial charge in [-0.05, 0) is 24.6 Å². The highest BCUT2D eigenvalue weighted by molar-refractivity contribution is 7.89. The molecule has 0 fully saturated rings. The van der Waals surface area contributed by atoms with Crippen LogP contribution in [0.5, 0.6) is 0 Å². The average molecular weight is 336 g/mol. The minimum absolute atomic E-state index is 0.0903. The van der Waals surface area contributed by atoms with E-state index >= 15 is 0 Å². The van der Waals surface area contributed by atoms with Crippen molar-refractivity contribution in [2.75, 3.05) is 29.9 Å². The maximum absolute atomic E-state index is 11.9. The predicted octanol–water partition coefficient (Wildman–Crippen LogP) is -0.342. The fourth-order valence-electron chi connectivity index (χ4n) is 1.63. The zero-order valence-electron chi connectivity index (χ0n) is 11.7. The van der Waals surface area contributed by atoms with Gasteiger partial charge in [0, 0.05) is 13.1 Å². The lowest BCUT2D eigenvalue weighted by atomic mass is 10.2. The number of anilines is 2. The Morgan fingerprint density at radius 1 is 1.19 bits per heavy atom. The molecular weight excluding hydrogens is 316 g/mol. The van der Waals surface area contributed by atoms with E-state index in [0.29, 0.717) is 24.3 Å². The maximum atomic E-state index is 11.9. The summed E-state index contributed by atoms with van der Waals surface area (Å²) in [6, 6.07) is 4.29. The second-order valence-corrected chi connectivity index (χ2v) is 7.90. The zero-order chi connectivity index (χ0) is 16.1. The van der Waals surface area contributed by atoms with E-state index < -0.39 is 20.0 Å². The number of hydrogen-bond donors (Lipinski definition) is 4. The van der Waals surface area contributed by atoms with Gasteiger partial charge >= 0.3 is 0 Å². The molecule has 0 saturated heterocycles. The fraction of sp³-hybridized carbons (Fsp3) is 0.455. The standard InChI is InChI=1S/C11H20N4O4S2/c1-2-15-21(18,19)9-4-5-10(12)11(8-9)14-6-3-7-20(13,16)17/h4-5,8,14-15H,2-3,6-7,12H2,1H3,(H2,13,16,17). The van der Waals surface area contributed by atoms with Crippen molar-refractivity contribution < 1.29 is 16.8 Å². The van der Waals surface area contributed by atoms with Crippen LogP contribution in [0.25, 0.3) is 0 Å². The molecular formula is C11H20N4O4S2. The number of nitrogen functional groups attached to an aromatic ring is 1. The molecule has 0 aliphatic carbocycles. The van der Waals surface area contributed by atoms with E-state index in [1.807, 2.05) is 0 Å². The monoisotopic (exact) mass is 336 g/mol. The average Bonchev–Trinajstić information content (AvgIpc) is 2.35. The molecule has 10 heteroatoms. The van der Waals surface area contributed by atoms with E-state index in [1.165, 1.54) is 18.2 Å². The number of nitrogens with one attached hydrogen (secondary N) is 2.